The van der Waals surface area contributed by atoms with Crippen LogP contribution in [-0.2, 0) is 12.4 Å². The zero-order valence-electron chi connectivity index (χ0n) is 10.8. The molecular formula is C15H10BrCl3N2. The van der Waals surface area contributed by atoms with Crippen LogP contribution in [0.3, 0.4) is 0 Å². The average Bonchev–Trinajstić information content (AvgIpc) is 2.79. The van der Waals surface area contributed by atoms with E-state index < -0.39 is 0 Å². The number of fused-ring (bicyclic) bond motifs is 1. The lowest BCUT2D eigenvalue weighted by Gasteiger charge is -2.10. The molecule has 0 atom stereocenters. The average molecular weight is 405 g/mol. The van der Waals surface area contributed by atoms with Crippen LogP contribution in [0.15, 0.2) is 40.9 Å². The van der Waals surface area contributed by atoms with E-state index in [4.69, 9.17) is 34.8 Å². The smallest absolute Gasteiger partial charge is 0.125 e. The minimum absolute atomic E-state index is 0.328. The lowest BCUT2D eigenvalue weighted by atomic mass is 10.2. The topological polar surface area (TPSA) is 17.8 Å². The van der Waals surface area contributed by atoms with Gasteiger partial charge in [-0.15, -0.1) is 11.6 Å². The Morgan fingerprint density at radius 2 is 1.81 bits per heavy atom. The number of hydrogen-bond donors (Lipinski definition) is 0. The zero-order chi connectivity index (χ0) is 15.0. The third-order valence-electron chi connectivity index (χ3n) is 3.28. The van der Waals surface area contributed by atoms with Crippen molar-refractivity contribution in [3.8, 4) is 0 Å². The van der Waals surface area contributed by atoms with Gasteiger partial charge < -0.3 is 4.57 Å². The Balaban J connectivity index is 2.16. The van der Waals surface area contributed by atoms with E-state index in [-0.39, 0.29) is 0 Å². The van der Waals surface area contributed by atoms with E-state index in [1.807, 2.05) is 24.3 Å². The molecule has 0 unspecified atom stereocenters. The van der Waals surface area contributed by atoms with Crippen molar-refractivity contribution < 1.29 is 0 Å². The Morgan fingerprint density at radius 3 is 2.52 bits per heavy atom. The molecule has 3 aromatic rings. The second-order valence-electron chi connectivity index (χ2n) is 4.59. The van der Waals surface area contributed by atoms with Gasteiger partial charge in [0.25, 0.3) is 0 Å². The van der Waals surface area contributed by atoms with Crippen LogP contribution in [0.2, 0.25) is 10.0 Å². The van der Waals surface area contributed by atoms with Gasteiger partial charge in [0.2, 0.25) is 0 Å². The monoisotopic (exact) mass is 402 g/mol. The van der Waals surface area contributed by atoms with Crippen LogP contribution in [0.1, 0.15) is 11.4 Å². The second-order valence-corrected chi connectivity index (χ2v) is 6.53. The summed E-state index contributed by atoms with van der Waals surface area (Å²) in [6.07, 6.45) is 0. The van der Waals surface area contributed by atoms with Gasteiger partial charge in [-0.05, 0) is 23.8 Å². The highest BCUT2D eigenvalue weighted by Gasteiger charge is 2.13. The van der Waals surface area contributed by atoms with Crippen molar-refractivity contribution in [3.63, 3.8) is 0 Å². The van der Waals surface area contributed by atoms with Crippen LogP contribution >= 0.6 is 50.7 Å². The minimum Gasteiger partial charge on any atom is -0.322 e. The van der Waals surface area contributed by atoms with Crippen molar-refractivity contribution in [2.24, 2.45) is 0 Å². The van der Waals surface area contributed by atoms with Gasteiger partial charge in [-0.1, -0.05) is 57.3 Å². The van der Waals surface area contributed by atoms with Crippen molar-refractivity contribution in [2.45, 2.75) is 12.4 Å². The number of alkyl halides is 1. The first-order valence-electron chi connectivity index (χ1n) is 6.23. The highest BCUT2D eigenvalue weighted by Crippen LogP contribution is 2.30. The molecule has 0 saturated carbocycles. The molecule has 2 aromatic carbocycles. The highest BCUT2D eigenvalue weighted by molar-refractivity contribution is 9.10. The molecule has 0 aliphatic rings. The van der Waals surface area contributed by atoms with Crippen molar-refractivity contribution in [2.75, 3.05) is 0 Å². The molecule has 0 saturated heterocycles. The van der Waals surface area contributed by atoms with Crippen LogP contribution in [0.4, 0.5) is 0 Å². The van der Waals surface area contributed by atoms with Crippen molar-refractivity contribution in [1.82, 2.24) is 9.55 Å². The molecule has 2 nitrogen and oxygen atoms in total. The fraction of sp³-hybridized carbons (Fsp3) is 0.133. The summed E-state index contributed by atoms with van der Waals surface area (Å²) in [5.41, 5.74) is 2.87. The van der Waals surface area contributed by atoms with E-state index in [1.165, 1.54) is 0 Å². The summed E-state index contributed by atoms with van der Waals surface area (Å²) in [5, 5.41) is 1.01. The second kappa shape index (κ2) is 6.17. The molecular weight excluding hydrogens is 394 g/mol. The number of hydrogen-bond acceptors (Lipinski definition) is 1. The minimum atomic E-state index is 0.328. The first-order valence-corrected chi connectivity index (χ1v) is 8.32. The molecule has 0 spiro atoms. The van der Waals surface area contributed by atoms with Gasteiger partial charge in [0.05, 0.1) is 33.5 Å². The number of nitrogens with zero attached hydrogens (tertiary/aromatic N) is 2. The fourth-order valence-electron chi connectivity index (χ4n) is 2.25. The molecule has 21 heavy (non-hydrogen) atoms. The van der Waals surface area contributed by atoms with Crippen LogP contribution in [0.25, 0.3) is 11.0 Å². The number of benzene rings is 2. The summed E-state index contributed by atoms with van der Waals surface area (Å²) in [6.45, 7) is 0.665. The van der Waals surface area contributed by atoms with Gasteiger partial charge in [0.15, 0.2) is 0 Å². The quantitative estimate of drug-likeness (QED) is 0.498. The molecule has 108 valence electrons. The molecule has 0 bridgehead atoms. The maximum atomic E-state index is 6.13. The van der Waals surface area contributed by atoms with Gasteiger partial charge in [-0.2, -0.15) is 0 Å². The normalized spacial score (nSPS) is 11.2. The van der Waals surface area contributed by atoms with Crippen molar-refractivity contribution >= 4 is 61.8 Å². The highest BCUT2D eigenvalue weighted by atomic mass is 79.9. The molecule has 0 fully saturated rings. The van der Waals surface area contributed by atoms with Crippen LogP contribution in [0.5, 0.6) is 0 Å². The SMILES string of the molecule is ClCc1nc2cc(Cl)c(Cl)cc2n1Cc1ccccc1Br. The van der Waals surface area contributed by atoms with E-state index >= 15 is 0 Å². The summed E-state index contributed by atoms with van der Waals surface area (Å²) in [5.74, 6) is 1.12. The Labute approximate surface area is 145 Å². The molecule has 0 aliphatic carbocycles. The van der Waals surface area contributed by atoms with Crippen molar-refractivity contribution in [1.29, 1.82) is 0 Å². The van der Waals surface area contributed by atoms with E-state index in [9.17, 15) is 0 Å². The standard InChI is InChI=1S/C15H10BrCl3N2/c16-10-4-2-1-3-9(10)8-21-14-6-12(19)11(18)5-13(14)20-15(21)7-17/h1-6H,7-8H2. The maximum Gasteiger partial charge on any atom is 0.125 e. The van der Waals surface area contributed by atoms with Crippen LogP contribution in [-0.4, -0.2) is 9.55 Å². The first-order chi connectivity index (χ1) is 10.1. The summed E-state index contributed by atoms with van der Waals surface area (Å²) in [4.78, 5) is 4.53. The summed E-state index contributed by atoms with van der Waals surface area (Å²) in [6, 6.07) is 11.7. The lowest BCUT2D eigenvalue weighted by molar-refractivity contribution is 0.776. The van der Waals surface area contributed by atoms with E-state index in [0.717, 1.165) is 26.9 Å². The van der Waals surface area contributed by atoms with Crippen LogP contribution in [0, 0.1) is 0 Å². The van der Waals surface area contributed by atoms with Gasteiger partial charge in [-0.25, -0.2) is 4.98 Å². The third kappa shape index (κ3) is 2.93. The van der Waals surface area contributed by atoms with E-state index in [1.54, 1.807) is 6.07 Å². The van der Waals surface area contributed by atoms with Gasteiger partial charge in [0.1, 0.15) is 5.82 Å². The van der Waals surface area contributed by atoms with Gasteiger partial charge in [-0.3, -0.25) is 0 Å². The van der Waals surface area contributed by atoms with E-state index in [2.05, 4.69) is 31.5 Å². The van der Waals surface area contributed by atoms with E-state index in [0.29, 0.717) is 22.5 Å². The molecule has 1 heterocycles. The summed E-state index contributed by atoms with van der Waals surface area (Å²) < 4.78 is 3.11. The Bertz CT molecular complexity index is 814. The molecule has 0 amide bonds. The molecule has 0 aliphatic heterocycles. The molecule has 0 N–H and O–H groups in total. The Kier molecular flexibility index (Phi) is 4.46. The predicted octanol–water partition coefficient (Wildman–Crippen LogP) is 5.89. The third-order valence-corrected chi connectivity index (χ3v) is 5.01. The van der Waals surface area contributed by atoms with Crippen LogP contribution < -0.4 is 0 Å². The first kappa shape index (κ1) is 15.2. The van der Waals surface area contributed by atoms with Gasteiger partial charge in [0, 0.05) is 4.47 Å². The zero-order valence-corrected chi connectivity index (χ0v) is 14.6. The van der Waals surface area contributed by atoms with Gasteiger partial charge >= 0.3 is 0 Å². The Morgan fingerprint density at radius 1 is 1.10 bits per heavy atom. The molecule has 3 rings (SSSR count). The Hall–Kier alpha value is -0.740. The number of aromatic nitrogens is 2. The molecule has 6 heteroatoms. The predicted molar refractivity (Wildman–Crippen MR) is 92.6 cm³/mol. The summed E-state index contributed by atoms with van der Waals surface area (Å²) >= 11 is 21.8. The molecule has 1 aromatic heterocycles. The number of imidazole rings is 1. The number of halogens is 4. The largest absolute Gasteiger partial charge is 0.322 e. The van der Waals surface area contributed by atoms with Crippen molar-refractivity contribution in [3.05, 3.63) is 62.3 Å². The maximum absolute atomic E-state index is 6.13. The number of rotatable bonds is 3. The summed E-state index contributed by atoms with van der Waals surface area (Å²) in [7, 11) is 0. The fourth-order valence-corrected chi connectivity index (χ4v) is 3.18. The molecule has 0 radical (unpaired) electrons. The lowest BCUT2D eigenvalue weighted by Crippen LogP contribution is -2.04.